The van der Waals surface area contributed by atoms with Gasteiger partial charge < -0.3 is 20.8 Å². The normalized spacial score (nSPS) is 17.9. The zero-order chi connectivity index (χ0) is 13.0. The van der Waals surface area contributed by atoms with E-state index in [-0.39, 0.29) is 5.41 Å². The number of aryl methyl sites for hydroxylation is 1. The molecule has 18 heavy (non-hydrogen) atoms. The van der Waals surface area contributed by atoms with Crippen molar-refractivity contribution in [2.45, 2.75) is 25.7 Å². The third-order valence-electron chi connectivity index (χ3n) is 3.59. The van der Waals surface area contributed by atoms with Crippen molar-refractivity contribution in [2.75, 3.05) is 13.1 Å². The minimum Gasteiger partial charge on any atom is -0.409 e. The molecule has 0 radical (unpaired) electrons. The summed E-state index contributed by atoms with van der Waals surface area (Å²) in [6, 6.07) is 0. The quantitative estimate of drug-likeness (QED) is 0.216. The Bertz CT molecular complexity index is 422. The number of hydrogen-bond acceptors (Lipinski definition) is 4. The highest BCUT2D eigenvalue weighted by Crippen LogP contribution is 2.48. The molecule has 1 saturated carbocycles. The number of oxime groups is 1. The first-order valence-electron chi connectivity index (χ1n) is 6.28. The lowest BCUT2D eigenvalue weighted by molar-refractivity contribution is 0.314. The van der Waals surface area contributed by atoms with Gasteiger partial charge in [-0.05, 0) is 18.3 Å². The molecule has 0 aromatic carbocycles. The Hall–Kier alpha value is -1.56. The predicted molar refractivity (Wildman–Crippen MR) is 69.5 cm³/mol. The van der Waals surface area contributed by atoms with Gasteiger partial charge in [-0.2, -0.15) is 0 Å². The molecule has 1 aliphatic carbocycles. The van der Waals surface area contributed by atoms with Gasteiger partial charge >= 0.3 is 0 Å². The first kappa shape index (κ1) is 12.9. The van der Waals surface area contributed by atoms with E-state index in [1.807, 2.05) is 24.0 Å². The Labute approximate surface area is 107 Å². The van der Waals surface area contributed by atoms with Gasteiger partial charge in [-0.25, -0.2) is 4.98 Å². The summed E-state index contributed by atoms with van der Waals surface area (Å²) in [6.07, 6.45) is 7.67. The Morgan fingerprint density at radius 2 is 2.44 bits per heavy atom. The van der Waals surface area contributed by atoms with E-state index in [1.165, 1.54) is 0 Å². The monoisotopic (exact) mass is 251 g/mol. The van der Waals surface area contributed by atoms with Crippen LogP contribution in [-0.4, -0.2) is 33.7 Å². The summed E-state index contributed by atoms with van der Waals surface area (Å²) >= 11 is 0. The summed E-state index contributed by atoms with van der Waals surface area (Å²) in [4.78, 5) is 4.28. The Kier molecular flexibility index (Phi) is 3.86. The van der Waals surface area contributed by atoms with Gasteiger partial charge in [0.05, 0.1) is 0 Å². The van der Waals surface area contributed by atoms with Crippen molar-refractivity contribution in [1.29, 1.82) is 0 Å². The summed E-state index contributed by atoms with van der Waals surface area (Å²) in [5, 5.41) is 15.1. The maximum absolute atomic E-state index is 8.58. The van der Waals surface area contributed by atoms with E-state index in [2.05, 4.69) is 15.5 Å². The Morgan fingerprint density at radius 3 is 3.00 bits per heavy atom. The molecule has 0 atom stereocenters. The molecule has 1 heterocycles. The molecule has 1 aromatic heterocycles. The van der Waals surface area contributed by atoms with Crippen molar-refractivity contribution in [3.8, 4) is 0 Å². The fourth-order valence-corrected chi connectivity index (χ4v) is 2.20. The molecule has 0 amide bonds. The average molecular weight is 251 g/mol. The number of rotatable bonds is 7. The molecule has 0 saturated heterocycles. The summed E-state index contributed by atoms with van der Waals surface area (Å²) in [5.41, 5.74) is 5.78. The van der Waals surface area contributed by atoms with Crippen LogP contribution >= 0.6 is 0 Å². The lowest BCUT2D eigenvalue weighted by Crippen LogP contribution is -2.30. The molecule has 0 spiro atoms. The largest absolute Gasteiger partial charge is 0.409 e. The summed E-state index contributed by atoms with van der Waals surface area (Å²) in [7, 11) is 2.00. The van der Waals surface area contributed by atoms with E-state index in [0.717, 1.165) is 38.2 Å². The van der Waals surface area contributed by atoms with Crippen molar-refractivity contribution in [1.82, 2.24) is 14.9 Å². The number of nitrogens with zero attached hydrogens (tertiary/aromatic N) is 3. The smallest absolute Gasteiger partial charge is 0.139 e. The van der Waals surface area contributed by atoms with E-state index in [1.54, 1.807) is 0 Å². The van der Waals surface area contributed by atoms with Crippen molar-refractivity contribution in [2.24, 2.45) is 23.4 Å². The van der Waals surface area contributed by atoms with Crippen LogP contribution in [0.25, 0.3) is 0 Å². The van der Waals surface area contributed by atoms with Crippen molar-refractivity contribution in [3.63, 3.8) is 0 Å². The van der Waals surface area contributed by atoms with Gasteiger partial charge in [0.1, 0.15) is 11.7 Å². The number of aromatic nitrogens is 2. The minimum atomic E-state index is 0.220. The van der Waals surface area contributed by atoms with Gasteiger partial charge in [-0.3, -0.25) is 0 Å². The summed E-state index contributed by atoms with van der Waals surface area (Å²) < 4.78 is 2.03. The number of nitrogens with one attached hydrogen (secondary N) is 1. The molecule has 1 fully saturated rings. The van der Waals surface area contributed by atoms with Gasteiger partial charge in [-0.1, -0.05) is 5.16 Å². The number of hydrogen-bond donors (Lipinski definition) is 3. The average Bonchev–Trinajstić information content (AvgIpc) is 3.00. The second kappa shape index (κ2) is 5.39. The van der Waals surface area contributed by atoms with Crippen LogP contribution in [0.3, 0.4) is 0 Å². The van der Waals surface area contributed by atoms with E-state index in [0.29, 0.717) is 12.3 Å². The first-order chi connectivity index (χ1) is 8.65. The molecule has 6 nitrogen and oxygen atoms in total. The van der Waals surface area contributed by atoms with Crippen LogP contribution in [0.2, 0.25) is 0 Å². The van der Waals surface area contributed by atoms with E-state index in [9.17, 15) is 0 Å². The maximum Gasteiger partial charge on any atom is 0.139 e. The highest BCUT2D eigenvalue weighted by atomic mass is 16.4. The van der Waals surface area contributed by atoms with Gasteiger partial charge in [-0.15, -0.1) is 0 Å². The van der Waals surface area contributed by atoms with Crippen LogP contribution < -0.4 is 11.1 Å². The third kappa shape index (κ3) is 3.22. The molecule has 100 valence electrons. The SMILES string of the molecule is Cn1ccnc1CCNCC1(CC(N)=NO)CC1. The molecule has 1 aliphatic rings. The summed E-state index contributed by atoms with van der Waals surface area (Å²) in [6.45, 7) is 1.83. The van der Waals surface area contributed by atoms with Crippen LogP contribution in [0, 0.1) is 5.41 Å². The molecular formula is C12H21N5O. The van der Waals surface area contributed by atoms with E-state index < -0.39 is 0 Å². The van der Waals surface area contributed by atoms with Crippen LogP contribution in [0.5, 0.6) is 0 Å². The van der Waals surface area contributed by atoms with Crippen molar-refractivity contribution in [3.05, 3.63) is 18.2 Å². The van der Waals surface area contributed by atoms with Crippen LogP contribution in [0.4, 0.5) is 0 Å². The topological polar surface area (TPSA) is 88.5 Å². The highest BCUT2D eigenvalue weighted by molar-refractivity contribution is 5.80. The standard InChI is InChI=1S/C12H21N5O/c1-17-7-6-15-11(17)2-5-14-9-12(3-4-12)8-10(13)16-18/h6-7,14,18H,2-5,8-9H2,1H3,(H2,13,16). The molecule has 0 unspecified atom stereocenters. The first-order valence-corrected chi connectivity index (χ1v) is 6.28. The molecule has 1 aromatic rings. The van der Waals surface area contributed by atoms with Crippen LogP contribution in [0.1, 0.15) is 25.1 Å². The van der Waals surface area contributed by atoms with Crippen LogP contribution in [0.15, 0.2) is 17.5 Å². The fourth-order valence-electron chi connectivity index (χ4n) is 2.20. The zero-order valence-electron chi connectivity index (χ0n) is 10.8. The van der Waals surface area contributed by atoms with Gasteiger partial charge in [0.25, 0.3) is 0 Å². The molecule has 0 aliphatic heterocycles. The molecular weight excluding hydrogens is 230 g/mol. The van der Waals surface area contributed by atoms with Gasteiger partial charge in [0.2, 0.25) is 0 Å². The lowest BCUT2D eigenvalue weighted by atomic mass is 10.0. The van der Waals surface area contributed by atoms with E-state index >= 15 is 0 Å². The maximum atomic E-state index is 8.58. The van der Waals surface area contributed by atoms with Crippen LogP contribution in [-0.2, 0) is 13.5 Å². The second-order valence-electron chi connectivity index (χ2n) is 5.15. The second-order valence-corrected chi connectivity index (χ2v) is 5.15. The van der Waals surface area contributed by atoms with Gasteiger partial charge in [0.15, 0.2) is 0 Å². The number of imidazole rings is 1. The van der Waals surface area contributed by atoms with E-state index in [4.69, 9.17) is 10.9 Å². The zero-order valence-corrected chi connectivity index (χ0v) is 10.8. The van der Waals surface area contributed by atoms with Gasteiger partial charge in [0, 0.05) is 45.4 Å². The minimum absolute atomic E-state index is 0.220. The fraction of sp³-hybridized carbons (Fsp3) is 0.667. The Morgan fingerprint density at radius 1 is 1.67 bits per heavy atom. The van der Waals surface area contributed by atoms with Crippen molar-refractivity contribution >= 4 is 5.84 Å². The number of amidine groups is 1. The highest BCUT2D eigenvalue weighted by Gasteiger charge is 2.42. The summed E-state index contributed by atoms with van der Waals surface area (Å²) in [5.74, 6) is 1.42. The predicted octanol–water partition coefficient (Wildman–Crippen LogP) is 0.469. The third-order valence-corrected chi connectivity index (χ3v) is 3.59. The van der Waals surface area contributed by atoms with Crippen molar-refractivity contribution < 1.29 is 5.21 Å². The number of nitrogens with two attached hydrogens (primary N) is 1. The molecule has 2 rings (SSSR count). The lowest BCUT2D eigenvalue weighted by Gasteiger charge is -2.14. The molecule has 0 bridgehead atoms. The molecule has 4 N–H and O–H groups in total. The Balaban J connectivity index is 1.68. The molecule has 6 heteroatoms.